The second-order valence-electron chi connectivity index (χ2n) is 6.84. The number of likely N-dealkylation sites (tertiary alicyclic amines) is 1. The van der Waals surface area contributed by atoms with Crippen molar-refractivity contribution >= 4 is 11.9 Å². The number of benzene rings is 1. The standard InChI is InChI=1S/C19H25NO4/c21-18(6-3-14-1-4-16(5-2-14)19(22)23)20-10-7-17(13-20)15-8-11-24-12-9-15/h1-2,4-5,15,17H,3,6-13H2,(H,22,23)/t17-/m1/s1. The summed E-state index contributed by atoms with van der Waals surface area (Å²) < 4.78 is 5.43. The van der Waals surface area contributed by atoms with E-state index in [1.54, 1.807) is 24.3 Å². The normalized spacial score (nSPS) is 21.8. The number of hydrogen-bond acceptors (Lipinski definition) is 3. The van der Waals surface area contributed by atoms with Crippen molar-refractivity contribution in [3.8, 4) is 0 Å². The number of nitrogens with zero attached hydrogens (tertiary/aromatic N) is 1. The first-order valence-corrected chi connectivity index (χ1v) is 8.81. The molecule has 1 aromatic rings. The molecule has 0 spiro atoms. The Kier molecular flexibility index (Phi) is 5.51. The molecule has 2 heterocycles. The summed E-state index contributed by atoms with van der Waals surface area (Å²) in [5, 5.41) is 8.90. The Balaban J connectivity index is 1.46. The lowest BCUT2D eigenvalue weighted by atomic mass is 9.85. The molecule has 130 valence electrons. The van der Waals surface area contributed by atoms with Crippen LogP contribution in [0.15, 0.2) is 24.3 Å². The van der Waals surface area contributed by atoms with Crippen molar-refractivity contribution in [2.24, 2.45) is 11.8 Å². The van der Waals surface area contributed by atoms with Crippen LogP contribution in [0.1, 0.15) is 41.6 Å². The van der Waals surface area contributed by atoms with Crippen LogP contribution in [0.25, 0.3) is 0 Å². The Labute approximate surface area is 142 Å². The van der Waals surface area contributed by atoms with Gasteiger partial charge in [0.15, 0.2) is 0 Å². The van der Waals surface area contributed by atoms with Gasteiger partial charge in [0.25, 0.3) is 0 Å². The average molecular weight is 331 g/mol. The van der Waals surface area contributed by atoms with Gasteiger partial charge in [-0.05, 0) is 55.2 Å². The third-order valence-electron chi connectivity index (χ3n) is 5.34. The average Bonchev–Trinajstić information content (AvgIpc) is 3.11. The molecular weight excluding hydrogens is 306 g/mol. The Hall–Kier alpha value is -1.88. The van der Waals surface area contributed by atoms with Gasteiger partial charge in [-0.1, -0.05) is 12.1 Å². The summed E-state index contributed by atoms with van der Waals surface area (Å²) in [5.74, 6) is 0.633. The minimum Gasteiger partial charge on any atom is -0.478 e. The van der Waals surface area contributed by atoms with E-state index in [1.807, 2.05) is 4.90 Å². The van der Waals surface area contributed by atoms with Crippen LogP contribution in [0.5, 0.6) is 0 Å². The fourth-order valence-electron chi connectivity index (χ4n) is 3.81. The van der Waals surface area contributed by atoms with Crippen LogP contribution in [0.2, 0.25) is 0 Å². The predicted octanol–water partition coefficient (Wildman–Crippen LogP) is 2.59. The van der Waals surface area contributed by atoms with Gasteiger partial charge in [0.2, 0.25) is 5.91 Å². The van der Waals surface area contributed by atoms with Crippen LogP contribution in [-0.4, -0.2) is 48.2 Å². The monoisotopic (exact) mass is 331 g/mol. The molecule has 0 saturated carbocycles. The molecule has 2 aliphatic heterocycles. The van der Waals surface area contributed by atoms with E-state index in [1.165, 1.54) is 0 Å². The van der Waals surface area contributed by atoms with Crippen molar-refractivity contribution in [1.82, 2.24) is 4.90 Å². The molecule has 0 radical (unpaired) electrons. The Bertz CT molecular complexity index is 578. The second-order valence-corrected chi connectivity index (χ2v) is 6.84. The molecule has 1 aromatic carbocycles. The zero-order valence-corrected chi connectivity index (χ0v) is 13.9. The number of rotatable bonds is 5. The molecule has 1 amide bonds. The summed E-state index contributed by atoms with van der Waals surface area (Å²) in [6, 6.07) is 6.79. The quantitative estimate of drug-likeness (QED) is 0.900. The van der Waals surface area contributed by atoms with E-state index in [9.17, 15) is 9.59 Å². The molecule has 0 bridgehead atoms. The van der Waals surface area contributed by atoms with Crippen LogP contribution in [0.4, 0.5) is 0 Å². The topological polar surface area (TPSA) is 66.8 Å². The molecule has 1 N–H and O–H groups in total. The molecular formula is C19H25NO4. The summed E-state index contributed by atoms with van der Waals surface area (Å²) in [7, 11) is 0. The number of ether oxygens (including phenoxy) is 1. The van der Waals surface area contributed by atoms with Gasteiger partial charge in [0.1, 0.15) is 0 Å². The van der Waals surface area contributed by atoms with Gasteiger partial charge in [-0.3, -0.25) is 4.79 Å². The number of carbonyl (C=O) groups is 2. The van der Waals surface area contributed by atoms with Gasteiger partial charge >= 0.3 is 5.97 Å². The van der Waals surface area contributed by atoms with Crippen LogP contribution in [-0.2, 0) is 16.0 Å². The van der Waals surface area contributed by atoms with Gasteiger partial charge in [-0.25, -0.2) is 4.79 Å². The van der Waals surface area contributed by atoms with E-state index in [2.05, 4.69) is 0 Å². The van der Waals surface area contributed by atoms with E-state index in [4.69, 9.17) is 9.84 Å². The minimum atomic E-state index is -0.922. The summed E-state index contributed by atoms with van der Waals surface area (Å²) in [4.78, 5) is 25.3. The van der Waals surface area contributed by atoms with Crippen LogP contribution < -0.4 is 0 Å². The van der Waals surface area contributed by atoms with Gasteiger partial charge in [-0.2, -0.15) is 0 Å². The van der Waals surface area contributed by atoms with Gasteiger partial charge in [-0.15, -0.1) is 0 Å². The molecule has 5 heteroatoms. The zero-order chi connectivity index (χ0) is 16.9. The SMILES string of the molecule is O=C(O)c1ccc(CCC(=O)N2CC[C@@H](C3CCOCC3)C2)cc1. The number of carbonyl (C=O) groups excluding carboxylic acids is 1. The largest absolute Gasteiger partial charge is 0.478 e. The van der Waals surface area contributed by atoms with Crippen molar-refractivity contribution in [1.29, 1.82) is 0 Å². The highest BCUT2D eigenvalue weighted by Crippen LogP contribution is 2.31. The van der Waals surface area contributed by atoms with E-state index >= 15 is 0 Å². The third-order valence-corrected chi connectivity index (χ3v) is 5.34. The molecule has 0 unspecified atom stereocenters. The van der Waals surface area contributed by atoms with E-state index < -0.39 is 5.97 Å². The van der Waals surface area contributed by atoms with Crippen molar-refractivity contribution in [2.45, 2.75) is 32.1 Å². The second kappa shape index (κ2) is 7.79. The highest BCUT2D eigenvalue weighted by Gasteiger charge is 2.32. The van der Waals surface area contributed by atoms with Crippen molar-refractivity contribution < 1.29 is 19.4 Å². The first kappa shape index (κ1) is 17.0. The summed E-state index contributed by atoms with van der Waals surface area (Å²) in [5.41, 5.74) is 1.29. The smallest absolute Gasteiger partial charge is 0.335 e. The summed E-state index contributed by atoms with van der Waals surface area (Å²) in [6.45, 7) is 3.49. The summed E-state index contributed by atoms with van der Waals surface area (Å²) >= 11 is 0. The Morgan fingerprint density at radius 2 is 1.79 bits per heavy atom. The number of amides is 1. The van der Waals surface area contributed by atoms with Gasteiger partial charge < -0.3 is 14.7 Å². The lowest BCUT2D eigenvalue weighted by molar-refractivity contribution is -0.130. The lowest BCUT2D eigenvalue weighted by Gasteiger charge is -2.27. The molecule has 2 saturated heterocycles. The first-order chi connectivity index (χ1) is 11.6. The summed E-state index contributed by atoms with van der Waals surface area (Å²) in [6.07, 6.45) is 4.53. The molecule has 2 fully saturated rings. The number of carboxylic acid groups (broad SMARTS) is 1. The maximum absolute atomic E-state index is 12.4. The van der Waals surface area contributed by atoms with Crippen LogP contribution in [0, 0.1) is 11.8 Å². The third kappa shape index (κ3) is 4.15. The maximum atomic E-state index is 12.4. The number of carboxylic acids is 1. The fraction of sp³-hybridized carbons (Fsp3) is 0.579. The fourth-order valence-corrected chi connectivity index (χ4v) is 3.81. The highest BCUT2D eigenvalue weighted by atomic mass is 16.5. The first-order valence-electron chi connectivity index (χ1n) is 8.81. The lowest BCUT2D eigenvalue weighted by Crippen LogP contribution is -2.31. The van der Waals surface area contributed by atoms with Gasteiger partial charge in [0.05, 0.1) is 5.56 Å². The molecule has 5 nitrogen and oxygen atoms in total. The minimum absolute atomic E-state index is 0.215. The van der Waals surface area contributed by atoms with Crippen molar-refractivity contribution in [2.75, 3.05) is 26.3 Å². The van der Waals surface area contributed by atoms with Crippen LogP contribution >= 0.6 is 0 Å². The highest BCUT2D eigenvalue weighted by molar-refractivity contribution is 5.87. The number of aryl methyl sites for hydroxylation is 1. The van der Waals surface area contributed by atoms with E-state index in [0.29, 0.717) is 24.7 Å². The number of aromatic carboxylic acids is 1. The predicted molar refractivity (Wildman–Crippen MR) is 90.0 cm³/mol. The molecule has 24 heavy (non-hydrogen) atoms. The van der Waals surface area contributed by atoms with Crippen molar-refractivity contribution in [3.63, 3.8) is 0 Å². The van der Waals surface area contributed by atoms with Gasteiger partial charge in [0, 0.05) is 32.7 Å². The van der Waals surface area contributed by atoms with E-state index in [-0.39, 0.29) is 11.5 Å². The number of hydrogen-bond donors (Lipinski definition) is 1. The maximum Gasteiger partial charge on any atom is 0.335 e. The Morgan fingerprint density at radius 1 is 1.08 bits per heavy atom. The Morgan fingerprint density at radius 3 is 2.46 bits per heavy atom. The molecule has 0 aromatic heterocycles. The molecule has 0 aliphatic carbocycles. The van der Waals surface area contributed by atoms with Crippen LogP contribution in [0.3, 0.4) is 0 Å². The zero-order valence-electron chi connectivity index (χ0n) is 13.9. The molecule has 3 rings (SSSR count). The van der Waals surface area contributed by atoms with E-state index in [0.717, 1.165) is 51.1 Å². The molecule has 1 atom stereocenters. The van der Waals surface area contributed by atoms with Crippen molar-refractivity contribution in [3.05, 3.63) is 35.4 Å². The molecule has 2 aliphatic rings.